The lowest BCUT2D eigenvalue weighted by Gasteiger charge is -2.26. The Morgan fingerprint density at radius 2 is 1.76 bits per heavy atom. The quantitative estimate of drug-likeness (QED) is 0.335. The molecular formula is C26H32N2O5. The highest BCUT2D eigenvalue weighted by atomic mass is 16.5. The minimum Gasteiger partial charge on any atom is -0.507 e. The van der Waals surface area contributed by atoms with Gasteiger partial charge in [-0.2, -0.15) is 0 Å². The van der Waals surface area contributed by atoms with E-state index in [4.69, 9.17) is 9.47 Å². The van der Waals surface area contributed by atoms with Crippen LogP contribution in [0.4, 0.5) is 0 Å². The number of aliphatic hydroxyl groups excluding tert-OH is 1. The third-order valence-corrected chi connectivity index (χ3v) is 5.42. The number of benzene rings is 2. The van der Waals surface area contributed by atoms with Crippen LogP contribution < -0.4 is 9.47 Å². The molecule has 0 spiro atoms. The zero-order chi connectivity index (χ0) is 24.0. The van der Waals surface area contributed by atoms with Gasteiger partial charge in [0.15, 0.2) is 0 Å². The number of aliphatic hydroxyl groups is 1. The Kier molecular flexibility index (Phi) is 8.11. The summed E-state index contributed by atoms with van der Waals surface area (Å²) in [6, 6.07) is 13.5. The van der Waals surface area contributed by atoms with Gasteiger partial charge in [0.05, 0.1) is 24.8 Å². The Morgan fingerprint density at radius 1 is 1.03 bits per heavy atom. The summed E-state index contributed by atoms with van der Waals surface area (Å²) in [6.45, 7) is 5.94. The van der Waals surface area contributed by atoms with Crippen molar-refractivity contribution in [2.24, 2.45) is 0 Å². The molecular weight excluding hydrogens is 420 g/mol. The van der Waals surface area contributed by atoms with Crippen molar-refractivity contribution < 1.29 is 24.2 Å². The average Bonchev–Trinajstić information content (AvgIpc) is 3.06. The van der Waals surface area contributed by atoms with Gasteiger partial charge < -0.3 is 24.4 Å². The molecule has 1 aliphatic rings. The van der Waals surface area contributed by atoms with Crippen LogP contribution in [0.25, 0.3) is 5.76 Å². The number of hydrogen-bond donors (Lipinski definition) is 1. The number of Topliss-reactive ketones (excluding diaryl/α,β-unsaturated/α-hetero) is 1. The first-order chi connectivity index (χ1) is 15.9. The Hall–Kier alpha value is -3.32. The molecule has 0 bridgehead atoms. The minimum atomic E-state index is -0.694. The smallest absolute Gasteiger partial charge is 0.295 e. The van der Waals surface area contributed by atoms with Crippen LogP contribution in [0.2, 0.25) is 0 Å². The van der Waals surface area contributed by atoms with Crippen LogP contribution in [0.15, 0.2) is 54.1 Å². The van der Waals surface area contributed by atoms with Gasteiger partial charge in [0.2, 0.25) is 0 Å². The van der Waals surface area contributed by atoms with Crippen LogP contribution in [0.5, 0.6) is 11.5 Å². The monoisotopic (exact) mass is 452 g/mol. The number of carbonyl (C=O) groups excluding carboxylic acids is 2. The molecule has 2 aromatic rings. The molecule has 0 radical (unpaired) electrons. The highest BCUT2D eigenvalue weighted by molar-refractivity contribution is 6.46. The fraction of sp³-hybridized carbons (Fsp3) is 0.385. The van der Waals surface area contributed by atoms with Crippen molar-refractivity contribution in [2.45, 2.75) is 26.3 Å². The molecule has 3 rings (SSSR count). The van der Waals surface area contributed by atoms with Crippen molar-refractivity contribution in [1.29, 1.82) is 0 Å². The fourth-order valence-corrected chi connectivity index (χ4v) is 3.79. The second-order valence-corrected chi connectivity index (χ2v) is 8.17. The van der Waals surface area contributed by atoms with E-state index in [2.05, 4.69) is 0 Å². The normalized spacial score (nSPS) is 17.6. The number of likely N-dealkylation sites (tertiary alicyclic amines) is 1. The summed E-state index contributed by atoms with van der Waals surface area (Å²) in [5.74, 6) is -0.213. The lowest BCUT2D eigenvalue weighted by atomic mass is 9.95. The number of carbonyl (C=O) groups is 2. The van der Waals surface area contributed by atoms with Gasteiger partial charge in [-0.25, -0.2) is 0 Å². The fourth-order valence-electron chi connectivity index (χ4n) is 3.79. The summed E-state index contributed by atoms with van der Waals surface area (Å²) >= 11 is 0. The molecule has 1 amide bonds. The van der Waals surface area contributed by atoms with Crippen molar-refractivity contribution >= 4 is 17.4 Å². The number of ether oxygens (including phenoxy) is 2. The van der Waals surface area contributed by atoms with Gasteiger partial charge in [0.1, 0.15) is 17.3 Å². The third kappa shape index (κ3) is 5.54. The molecule has 1 saturated heterocycles. The maximum absolute atomic E-state index is 13.1. The second-order valence-electron chi connectivity index (χ2n) is 8.17. The number of rotatable bonds is 10. The van der Waals surface area contributed by atoms with E-state index in [9.17, 15) is 14.7 Å². The van der Waals surface area contributed by atoms with Gasteiger partial charge in [-0.3, -0.25) is 9.59 Å². The summed E-state index contributed by atoms with van der Waals surface area (Å²) in [5, 5.41) is 11.2. The molecule has 0 saturated carbocycles. The maximum Gasteiger partial charge on any atom is 0.295 e. The lowest BCUT2D eigenvalue weighted by Crippen LogP contribution is -2.35. The first kappa shape index (κ1) is 24.3. The van der Waals surface area contributed by atoms with E-state index >= 15 is 0 Å². The molecule has 0 aliphatic carbocycles. The summed E-state index contributed by atoms with van der Waals surface area (Å²) < 4.78 is 11.2. The van der Waals surface area contributed by atoms with E-state index in [1.54, 1.807) is 24.3 Å². The highest BCUT2D eigenvalue weighted by Crippen LogP contribution is 2.40. The largest absolute Gasteiger partial charge is 0.507 e. The molecule has 1 unspecified atom stereocenters. The van der Waals surface area contributed by atoms with Crippen LogP contribution in [0, 0.1) is 0 Å². The standard InChI is InChI=1S/C26H32N2O5/c1-5-16-33-21-9-7-8-19(17-21)24(29)22-23(18-10-12-20(13-11-18)32-6-2)28(15-14-27(3)4)26(31)25(22)30/h7-13,17,23,29H,5-6,14-16H2,1-4H3. The molecule has 7 heteroatoms. The summed E-state index contributed by atoms with van der Waals surface area (Å²) in [7, 11) is 3.81. The van der Waals surface area contributed by atoms with E-state index in [0.29, 0.717) is 43.4 Å². The minimum absolute atomic E-state index is 0.0792. The molecule has 33 heavy (non-hydrogen) atoms. The molecule has 7 nitrogen and oxygen atoms in total. The van der Waals surface area contributed by atoms with E-state index in [1.165, 1.54) is 4.90 Å². The molecule has 1 heterocycles. The predicted octanol–water partition coefficient (Wildman–Crippen LogP) is 3.86. The second kappa shape index (κ2) is 11.0. The topological polar surface area (TPSA) is 79.3 Å². The SMILES string of the molecule is CCCOc1cccc(C(O)=C2C(=O)C(=O)N(CCN(C)C)C2c2ccc(OCC)cc2)c1. The van der Waals surface area contributed by atoms with Crippen LogP contribution in [-0.4, -0.2) is 67.0 Å². The van der Waals surface area contributed by atoms with Gasteiger partial charge in [0, 0.05) is 18.7 Å². The van der Waals surface area contributed by atoms with Crippen molar-refractivity contribution in [2.75, 3.05) is 40.4 Å². The number of ketones is 1. The Morgan fingerprint density at radius 3 is 2.39 bits per heavy atom. The van der Waals surface area contributed by atoms with Gasteiger partial charge in [-0.15, -0.1) is 0 Å². The third-order valence-electron chi connectivity index (χ3n) is 5.42. The molecule has 2 aromatic carbocycles. The van der Waals surface area contributed by atoms with E-state index in [1.807, 2.05) is 57.1 Å². The van der Waals surface area contributed by atoms with Crippen molar-refractivity contribution in [3.8, 4) is 11.5 Å². The van der Waals surface area contributed by atoms with E-state index < -0.39 is 17.7 Å². The van der Waals surface area contributed by atoms with Gasteiger partial charge in [-0.1, -0.05) is 31.2 Å². The van der Waals surface area contributed by atoms with E-state index in [0.717, 1.165) is 12.0 Å². The molecule has 1 N–H and O–H groups in total. The molecule has 176 valence electrons. The number of hydrogen-bond acceptors (Lipinski definition) is 6. The Labute approximate surface area is 195 Å². The van der Waals surface area contributed by atoms with Gasteiger partial charge in [-0.05, 0) is 57.3 Å². The number of amides is 1. The molecule has 1 aliphatic heterocycles. The van der Waals surface area contributed by atoms with Crippen LogP contribution in [0.3, 0.4) is 0 Å². The zero-order valence-electron chi connectivity index (χ0n) is 19.7. The summed E-state index contributed by atoms with van der Waals surface area (Å²) in [5.41, 5.74) is 1.25. The molecule has 1 fully saturated rings. The average molecular weight is 453 g/mol. The van der Waals surface area contributed by atoms with E-state index in [-0.39, 0.29) is 11.3 Å². The Balaban J connectivity index is 2.08. The van der Waals surface area contributed by atoms with Crippen LogP contribution in [-0.2, 0) is 9.59 Å². The van der Waals surface area contributed by atoms with Crippen molar-refractivity contribution in [1.82, 2.24) is 9.80 Å². The van der Waals surface area contributed by atoms with Crippen molar-refractivity contribution in [3.05, 3.63) is 65.2 Å². The number of nitrogens with zero attached hydrogens (tertiary/aromatic N) is 2. The van der Waals surface area contributed by atoms with Crippen LogP contribution >= 0.6 is 0 Å². The highest BCUT2D eigenvalue weighted by Gasteiger charge is 2.45. The maximum atomic E-state index is 13.1. The summed E-state index contributed by atoms with van der Waals surface area (Å²) in [4.78, 5) is 29.6. The predicted molar refractivity (Wildman–Crippen MR) is 127 cm³/mol. The van der Waals surface area contributed by atoms with Crippen molar-refractivity contribution in [3.63, 3.8) is 0 Å². The lowest BCUT2D eigenvalue weighted by molar-refractivity contribution is -0.140. The van der Waals surface area contributed by atoms with Crippen LogP contribution in [0.1, 0.15) is 37.4 Å². The number of likely N-dealkylation sites (N-methyl/N-ethyl adjacent to an activating group) is 1. The molecule has 1 atom stereocenters. The zero-order valence-corrected chi connectivity index (χ0v) is 19.7. The summed E-state index contributed by atoms with van der Waals surface area (Å²) in [6.07, 6.45) is 0.852. The Bertz CT molecular complexity index is 1010. The van der Waals surface area contributed by atoms with Gasteiger partial charge >= 0.3 is 0 Å². The van der Waals surface area contributed by atoms with Gasteiger partial charge in [0.25, 0.3) is 11.7 Å². The first-order valence-corrected chi connectivity index (χ1v) is 11.3. The molecule has 0 aromatic heterocycles. The first-order valence-electron chi connectivity index (χ1n) is 11.3.